The Morgan fingerprint density at radius 1 is 1.30 bits per heavy atom. The third-order valence-corrected chi connectivity index (χ3v) is 5.71. The molecule has 9 heteroatoms. The van der Waals surface area contributed by atoms with Crippen LogP contribution in [0, 0.1) is 11.3 Å². The van der Waals surface area contributed by atoms with Crippen molar-refractivity contribution in [1.29, 1.82) is 5.26 Å². The molecule has 4 rings (SSSR count). The number of nitriles is 1. The van der Waals surface area contributed by atoms with Crippen LogP contribution in [0.3, 0.4) is 0 Å². The summed E-state index contributed by atoms with van der Waals surface area (Å²) in [5.41, 5.74) is 2.73. The van der Waals surface area contributed by atoms with Crippen molar-refractivity contribution >= 4 is 22.9 Å². The lowest BCUT2D eigenvalue weighted by molar-refractivity contribution is 0.0509. The first kappa shape index (κ1) is 22.4. The van der Waals surface area contributed by atoms with Crippen LogP contribution in [-0.4, -0.2) is 44.9 Å². The Morgan fingerprint density at radius 2 is 2.06 bits per heavy atom. The molecule has 0 bridgehead atoms. The van der Waals surface area contributed by atoms with E-state index in [1.165, 1.54) is 4.57 Å². The molecule has 1 aliphatic rings. The number of aromatic nitrogens is 3. The van der Waals surface area contributed by atoms with Crippen molar-refractivity contribution in [3.05, 3.63) is 58.1 Å². The van der Waals surface area contributed by atoms with Gasteiger partial charge in [0.1, 0.15) is 11.1 Å². The van der Waals surface area contributed by atoms with Gasteiger partial charge in [0.2, 0.25) is 0 Å². The standard InChI is InChI=1S/C24H28N6O3/c1-24(2,3)33-22(31)27-18-10-12-29(15-18)19-9-11-26-21-20(19)30(23(32)28(21)4)14-17-8-6-5-7-16(17)13-25/h5-9,11,18H,10,12,14-15H2,1-4H3,(H,27,31). The molecule has 33 heavy (non-hydrogen) atoms. The first-order chi connectivity index (χ1) is 15.7. The molecule has 2 aromatic heterocycles. The van der Waals surface area contributed by atoms with Gasteiger partial charge in [-0.15, -0.1) is 0 Å². The third kappa shape index (κ3) is 4.55. The molecule has 0 spiro atoms. The fraction of sp³-hybridized carbons (Fsp3) is 0.417. The predicted octanol–water partition coefficient (Wildman–Crippen LogP) is 2.76. The van der Waals surface area contributed by atoms with E-state index < -0.39 is 11.7 Å². The zero-order valence-electron chi connectivity index (χ0n) is 19.3. The molecule has 0 aliphatic carbocycles. The van der Waals surface area contributed by atoms with Gasteiger partial charge < -0.3 is 15.0 Å². The lowest BCUT2D eigenvalue weighted by Crippen LogP contribution is -2.40. The number of hydrogen-bond acceptors (Lipinski definition) is 6. The van der Waals surface area contributed by atoms with Crippen LogP contribution in [0.2, 0.25) is 0 Å². The summed E-state index contributed by atoms with van der Waals surface area (Å²) in [6.07, 6.45) is 2.02. The normalized spacial score (nSPS) is 16.1. The number of anilines is 1. The van der Waals surface area contributed by atoms with Crippen molar-refractivity contribution in [3.63, 3.8) is 0 Å². The molecule has 1 atom stereocenters. The van der Waals surface area contributed by atoms with Gasteiger partial charge >= 0.3 is 11.8 Å². The van der Waals surface area contributed by atoms with E-state index in [0.717, 1.165) is 29.7 Å². The van der Waals surface area contributed by atoms with Gasteiger partial charge in [-0.25, -0.2) is 14.6 Å². The van der Waals surface area contributed by atoms with E-state index in [1.807, 2.05) is 45.0 Å². The van der Waals surface area contributed by atoms with Crippen molar-refractivity contribution in [2.75, 3.05) is 18.0 Å². The van der Waals surface area contributed by atoms with Gasteiger partial charge in [-0.1, -0.05) is 18.2 Å². The minimum atomic E-state index is -0.556. The van der Waals surface area contributed by atoms with Crippen molar-refractivity contribution in [3.8, 4) is 6.07 Å². The molecule has 0 saturated carbocycles. The molecule has 3 heterocycles. The van der Waals surface area contributed by atoms with E-state index in [-0.39, 0.29) is 18.3 Å². The van der Waals surface area contributed by atoms with Gasteiger partial charge in [0.15, 0.2) is 5.65 Å². The molecule has 1 aromatic carbocycles. The average Bonchev–Trinajstić information content (AvgIpc) is 3.31. The number of aryl methyl sites for hydroxylation is 1. The number of rotatable bonds is 4. The molecule has 0 radical (unpaired) electrons. The summed E-state index contributed by atoms with van der Waals surface area (Å²) in [7, 11) is 1.70. The SMILES string of the molecule is Cn1c(=O)n(Cc2ccccc2C#N)c2c(N3CCC(NC(=O)OC(C)(C)C)C3)ccnc21. The lowest BCUT2D eigenvalue weighted by Gasteiger charge is -2.23. The monoisotopic (exact) mass is 448 g/mol. The van der Waals surface area contributed by atoms with Gasteiger partial charge in [0.05, 0.1) is 29.9 Å². The zero-order valence-corrected chi connectivity index (χ0v) is 19.3. The van der Waals surface area contributed by atoms with Gasteiger partial charge in [0, 0.05) is 26.3 Å². The van der Waals surface area contributed by atoms with E-state index in [9.17, 15) is 14.9 Å². The maximum Gasteiger partial charge on any atom is 0.407 e. The molecule has 1 aliphatic heterocycles. The predicted molar refractivity (Wildman–Crippen MR) is 125 cm³/mol. The van der Waals surface area contributed by atoms with E-state index in [0.29, 0.717) is 17.8 Å². The number of benzene rings is 1. The Bertz CT molecular complexity index is 1290. The fourth-order valence-corrected chi connectivity index (χ4v) is 4.22. The molecule has 9 nitrogen and oxygen atoms in total. The number of ether oxygens (including phenoxy) is 1. The topological polar surface area (TPSA) is 105 Å². The summed E-state index contributed by atoms with van der Waals surface area (Å²) in [5, 5.41) is 12.4. The summed E-state index contributed by atoms with van der Waals surface area (Å²) in [6, 6.07) is 11.3. The van der Waals surface area contributed by atoms with E-state index >= 15 is 0 Å². The van der Waals surface area contributed by atoms with Crippen LogP contribution in [0.4, 0.5) is 10.5 Å². The Balaban J connectivity index is 1.66. The van der Waals surface area contributed by atoms with E-state index in [4.69, 9.17) is 4.74 Å². The molecular formula is C24H28N6O3. The highest BCUT2D eigenvalue weighted by Crippen LogP contribution is 2.28. The second-order valence-corrected chi connectivity index (χ2v) is 9.28. The number of nitrogens with one attached hydrogen (secondary N) is 1. The molecule has 3 aromatic rings. The number of imidazole rings is 1. The number of alkyl carbamates (subject to hydrolysis) is 1. The molecular weight excluding hydrogens is 420 g/mol. The second kappa shape index (κ2) is 8.62. The second-order valence-electron chi connectivity index (χ2n) is 9.28. The quantitative estimate of drug-likeness (QED) is 0.658. The van der Waals surface area contributed by atoms with Crippen LogP contribution >= 0.6 is 0 Å². The highest BCUT2D eigenvalue weighted by Gasteiger charge is 2.29. The lowest BCUT2D eigenvalue weighted by atomic mass is 10.1. The highest BCUT2D eigenvalue weighted by molar-refractivity contribution is 5.87. The summed E-state index contributed by atoms with van der Waals surface area (Å²) in [4.78, 5) is 31.9. The molecule has 1 fully saturated rings. The molecule has 1 unspecified atom stereocenters. The number of amides is 1. The number of nitrogens with zero attached hydrogens (tertiary/aromatic N) is 5. The van der Waals surface area contributed by atoms with Crippen LogP contribution < -0.4 is 15.9 Å². The molecule has 1 amide bonds. The van der Waals surface area contributed by atoms with Crippen LogP contribution in [0.5, 0.6) is 0 Å². The Morgan fingerprint density at radius 3 is 2.79 bits per heavy atom. The average molecular weight is 449 g/mol. The van der Waals surface area contributed by atoms with Gasteiger partial charge in [-0.2, -0.15) is 5.26 Å². The summed E-state index contributed by atoms with van der Waals surface area (Å²) in [5.74, 6) is 0. The first-order valence-corrected chi connectivity index (χ1v) is 10.9. The van der Waals surface area contributed by atoms with Crippen LogP contribution in [-0.2, 0) is 18.3 Å². The zero-order chi connectivity index (χ0) is 23.8. The fourth-order valence-electron chi connectivity index (χ4n) is 4.22. The number of carbonyl (C=O) groups excluding carboxylic acids is 1. The number of fused-ring (bicyclic) bond motifs is 1. The smallest absolute Gasteiger partial charge is 0.407 e. The maximum atomic E-state index is 13.1. The van der Waals surface area contributed by atoms with Crippen LogP contribution in [0.1, 0.15) is 38.3 Å². The molecule has 1 saturated heterocycles. The van der Waals surface area contributed by atoms with Crippen molar-refractivity contribution in [2.45, 2.75) is 45.4 Å². The maximum absolute atomic E-state index is 13.1. The van der Waals surface area contributed by atoms with Gasteiger partial charge in [-0.3, -0.25) is 9.13 Å². The molecule has 172 valence electrons. The Kier molecular flexibility index (Phi) is 5.85. The van der Waals surface area contributed by atoms with Crippen molar-refractivity contribution in [2.24, 2.45) is 7.05 Å². The number of hydrogen-bond donors (Lipinski definition) is 1. The van der Waals surface area contributed by atoms with Gasteiger partial charge in [-0.05, 0) is 44.9 Å². The molecule has 1 N–H and O–H groups in total. The van der Waals surface area contributed by atoms with E-state index in [2.05, 4.69) is 21.3 Å². The van der Waals surface area contributed by atoms with Crippen LogP contribution in [0.25, 0.3) is 11.2 Å². The minimum absolute atomic E-state index is 0.0636. The largest absolute Gasteiger partial charge is 0.444 e. The summed E-state index contributed by atoms with van der Waals surface area (Å²) in [6.45, 7) is 7.08. The van der Waals surface area contributed by atoms with Crippen molar-refractivity contribution in [1.82, 2.24) is 19.4 Å². The summed E-state index contributed by atoms with van der Waals surface area (Å²) >= 11 is 0. The summed E-state index contributed by atoms with van der Waals surface area (Å²) < 4.78 is 8.58. The Hall–Kier alpha value is -3.80. The number of carbonyl (C=O) groups is 1. The highest BCUT2D eigenvalue weighted by atomic mass is 16.6. The van der Waals surface area contributed by atoms with Crippen molar-refractivity contribution < 1.29 is 9.53 Å². The minimum Gasteiger partial charge on any atom is -0.444 e. The van der Waals surface area contributed by atoms with Crippen LogP contribution in [0.15, 0.2) is 41.3 Å². The third-order valence-electron chi connectivity index (χ3n) is 5.71. The first-order valence-electron chi connectivity index (χ1n) is 10.9. The Labute approximate surface area is 192 Å². The number of pyridine rings is 1. The van der Waals surface area contributed by atoms with E-state index in [1.54, 1.807) is 23.9 Å². The van der Waals surface area contributed by atoms with Gasteiger partial charge in [0.25, 0.3) is 0 Å².